The Bertz CT molecular complexity index is 351. The number of carbonyl (C=O) groups excluding carboxylic acids is 1. The molecule has 8 heteroatoms. The van der Waals surface area contributed by atoms with E-state index < -0.39 is 24.6 Å². The highest BCUT2D eigenvalue weighted by atomic mass is 16.4. The van der Waals surface area contributed by atoms with Crippen molar-refractivity contribution in [3.05, 3.63) is 18.2 Å². The van der Waals surface area contributed by atoms with Gasteiger partial charge in [-0.25, -0.2) is 14.6 Å². The summed E-state index contributed by atoms with van der Waals surface area (Å²) in [6.07, 6.45) is 3.13. The molecule has 0 saturated carbocycles. The summed E-state index contributed by atoms with van der Waals surface area (Å²) in [5.74, 6) is -0.748. The fourth-order valence-corrected chi connectivity index (χ4v) is 0.953. The summed E-state index contributed by atoms with van der Waals surface area (Å²) in [7, 11) is 0. The molecule has 0 unspecified atom stereocenters. The number of hydrogen-bond donors (Lipinski definition) is 5. The lowest BCUT2D eigenvalue weighted by Gasteiger charge is -2.11. The first-order valence-corrected chi connectivity index (χ1v) is 4.49. The lowest BCUT2D eigenvalue weighted by Crippen LogP contribution is -2.47. The van der Waals surface area contributed by atoms with Gasteiger partial charge in [0.15, 0.2) is 6.04 Å². The first kappa shape index (κ1) is 12.0. The van der Waals surface area contributed by atoms with Gasteiger partial charge in [0.05, 0.1) is 13.2 Å². The van der Waals surface area contributed by atoms with Crippen molar-refractivity contribution in [2.45, 2.75) is 12.6 Å². The number of aliphatic carboxylic acids is 1. The minimum atomic E-state index is -1.31. The highest BCUT2D eigenvalue weighted by Crippen LogP contribution is 1.87. The van der Waals surface area contributed by atoms with E-state index in [9.17, 15) is 9.59 Å². The van der Waals surface area contributed by atoms with Crippen LogP contribution in [-0.2, 0) is 11.3 Å². The van der Waals surface area contributed by atoms with Crippen LogP contribution in [0.3, 0.4) is 0 Å². The second-order valence-electron chi connectivity index (χ2n) is 2.94. The van der Waals surface area contributed by atoms with E-state index in [-0.39, 0.29) is 6.54 Å². The molecule has 0 saturated heterocycles. The first-order valence-electron chi connectivity index (χ1n) is 4.49. The van der Waals surface area contributed by atoms with Gasteiger partial charge in [0.2, 0.25) is 0 Å². The van der Waals surface area contributed by atoms with Crippen LogP contribution in [0, 0.1) is 0 Å². The lowest BCUT2D eigenvalue weighted by molar-refractivity contribution is -0.140. The van der Waals surface area contributed by atoms with Gasteiger partial charge in [0.25, 0.3) is 0 Å². The molecule has 5 N–H and O–H groups in total. The molecule has 88 valence electrons. The van der Waals surface area contributed by atoms with E-state index in [2.05, 4.69) is 20.6 Å². The summed E-state index contributed by atoms with van der Waals surface area (Å²) in [6.45, 7) is -0.514. The van der Waals surface area contributed by atoms with E-state index in [1.165, 1.54) is 6.20 Å². The van der Waals surface area contributed by atoms with Crippen LogP contribution in [0.4, 0.5) is 4.79 Å². The number of urea groups is 1. The number of H-pyrrole nitrogens is 1. The molecule has 0 radical (unpaired) electrons. The van der Waals surface area contributed by atoms with Crippen molar-refractivity contribution in [2.24, 2.45) is 0 Å². The van der Waals surface area contributed by atoms with Crippen LogP contribution in [0.15, 0.2) is 12.4 Å². The maximum atomic E-state index is 11.2. The number of hydrogen-bond acceptors (Lipinski definition) is 4. The maximum Gasteiger partial charge on any atom is 0.328 e. The largest absolute Gasteiger partial charge is 0.480 e. The number of aliphatic hydroxyl groups excluding tert-OH is 1. The number of aromatic amines is 1. The van der Waals surface area contributed by atoms with Crippen LogP contribution in [0.2, 0.25) is 0 Å². The molecule has 0 aliphatic heterocycles. The molecule has 8 nitrogen and oxygen atoms in total. The monoisotopic (exact) mass is 228 g/mol. The van der Waals surface area contributed by atoms with E-state index in [0.29, 0.717) is 5.82 Å². The molecular formula is C8H12N4O4. The number of aromatic nitrogens is 2. The Morgan fingerprint density at radius 1 is 1.56 bits per heavy atom. The summed E-state index contributed by atoms with van der Waals surface area (Å²) < 4.78 is 0. The fourth-order valence-electron chi connectivity index (χ4n) is 0.953. The van der Waals surface area contributed by atoms with Crippen LogP contribution in [-0.4, -0.2) is 44.8 Å². The van der Waals surface area contributed by atoms with Crippen molar-refractivity contribution in [3.63, 3.8) is 0 Å². The summed E-state index contributed by atoms with van der Waals surface area (Å²) in [4.78, 5) is 28.3. The van der Waals surface area contributed by atoms with Gasteiger partial charge in [-0.15, -0.1) is 0 Å². The number of carboxylic acids is 1. The third-order valence-electron chi connectivity index (χ3n) is 1.76. The lowest BCUT2D eigenvalue weighted by atomic mass is 10.3. The van der Waals surface area contributed by atoms with Crippen molar-refractivity contribution >= 4 is 12.0 Å². The van der Waals surface area contributed by atoms with E-state index >= 15 is 0 Å². The van der Waals surface area contributed by atoms with Gasteiger partial charge in [-0.2, -0.15) is 0 Å². The predicted octanol–water partition coefficient (Wildman–Crippen LogP) is -1.35. The molecule has 1 aromatic heterocycles. The molecule has 1 atom stereocenters. The van der Waals surface area contributed by atoms with E-state index in [1.807, 2.05) is 0 Å². The molecule has 1 heterocycles. The Balaban J connectivity index is 2.33. The predicted molar refractivity (Wildman–Crippen MR) is 52.5 cm³/mol. The zero-order valence-electron chi connectivity index (χ0n) is 8.30. The Kier molecular flexibility index (Phi) is 4.28. The smallest absolute Gasteiger partial charge is 0.328 e. The van der Waals surface area contributed by atoms with Crippen LogP contribution in [0.5, 0.6) is 0 Å². The van der Waals surface area contributed by atoms with Gasteiger partial charge in [0.1, 0.15) is 5.82 Å². The van der Waals surface area contributed by atoms with E-state index in [1.54, 1.807) is 6.20 Å². The molecule has 0 aliphatic rings. The Morgan fingerprint density at radius 3 is 2.81 bits per heavy atom. The number of nitrogens with zero attached hydrogens (tertiary/aromatic N) is 1. The molecule has 0 spiro atoms. The second-order valence-corrected chi connectivity index (χ2v) is 2.94. The zero-order chi connectivity index (χ0) is 12.0. The summed E-state index contributed by atoms with van der Waals surface area (Å²) >= 11 is 0. The maximum absolute atomic E-state index is 11.2. The number of aliphatic hydroxyl groups is 1. The summed E-state index contributed by atoms with van der Waals surface area (Å²) in [6, 6.07) is -1.99. The van der Waals surface area contributed by atoms with Gasteiger partial charge in [-0.05, 0) is 0 Å². The highest BCUT2D eigenvalue weighted by Gasteiger charge is 2.18. The van der Waals surface area contributed by atoms with E-state index in [0.717, 1.165) is 0 Å². The third kappa shape index (κ3) is 3.58. The molecule has 16 heavy (non-hydrogen) atoms. The summed E-state index contributed by atoms with van der Waals surface area (Å²) in [5, 5.41) is 21.7. The Hall–Kier alpha value is -2.09. The van der Waals surface area contributed by atoms with Gasteiger partial charge in [-0.1, -0.05) is 0 Å². The zero-order valence-corrected chi connectivity index (χ0v) is 8.30. The third-order valence-corrected chi connectivity index (χ3v) is 1.76. The molecule has 2 amide bonds. The number of carboxylic acid groups (broad SMARTS) is 1. The van der Waals surface area contributed by atoms with Crippen molar-refractivity contribution in [1.82, 2.24) is 20.6 Å². The van der Waals surface area contributed by atoms with Crippen LogP contribution < -0.4 is 10.6 Å². The molecule has 0 bridgehead atoms. The summed E-state index contributed by atoms with van der Waals surface area (Å²) in [5.41, 5.74) is 0. The number of imidazole rings is 1. The molecule has 1 aromatic rings. The average molecular weight is 228 g/mol. The van der Waals surface area contributed by atoms with Crippen LogP contribution >= 0.6 is 0 Å². The number of carbonyl (C=O) groups is 2. The number of nitrogens with one attached hydrogen (secondary N) is 3. The topological polar surface area (TPSA) is 127 Å². The molecule has 0 aliphatic carbocycles. The molecular weight excluding hydrogens is 216 g/mol. The van der Waals surface area contributed by atoms with Crippen LogP contribution in [0.1, 0.15) is 5.82 Å². The molecule has 0 aromatic carbocycles. The average Bonchev–Trinajstić information content (AvgIpc) is 2.75. The van der Waals surface area contributed by atoms with Crippen LogP contribution in [0.25, 0.3) is 0 Å². The van der Waals surface area contributed by atoms with E-state index in [4.69, 9.17) is 10.2 Å². The normalized spacial score (nSPS) is 11.8. The quantitative estimate of drug-likeness (QED) is 0.426. The highest BCUT2D eigenvalue weighted by molar-refractivity contribution is 5.82. The second kappa shape index (κ2) is 5.71. The number of amides is 2. The van der Waals surface area contributed by atoms with Gasteiger partial charge in [0, 0.05) is 12.4 Å². The number of rotatable bonds is 5. The first-order chi connectivity index (χ1) is 7.63. The van der Waals surface area contributed by atoms with Crippen molar-refractivity contribution in [1.29, 1.82) is 0 Å². The van der Waals surface area contributed by atoms with Gasteiger partial charge < -0.3 is 25.8 Å². The fraction of sp³-hybridized carbons (Fsp3) is 0.375. The Morgan fingerprint density at radius 2 is 2.31 bits per heavy atom. The van der Waals surface area contributed by atoms with Gasteiger partial charge >= 0.3 is 12.0 Å². The standard InChI is InChI=1S/C8H12N4O4/c13-4-5(7(14)15)12-8(16)11-3-6-9-1-2-10-6/h1-2,5,13H,3-4H2,(H,9,10)(H,14,15)(H2,11,12,16)/t5-/m1/s1. The van der Waals surface area contributed by atoms with Crippen molar-refractivity contribution in [2.75, 3.05) is 6.61 Å². The SMILES string of the molecule is O=C(NCc1ncc[nH]1)N[C@H](CO)C(=O)O. The van der Waals surface area contributed by atoms with Crippen molar-refractivity contribution in [3.8, 4) is 0 Å². The Labute approximate surface area is 90.7 Å². The molecule has 0 fully saturated rings. The van der Waals surface area contributed by atoms with Gasteiger partial charge in [-0.3, -0.25) is 0 Å². The minimum absolute atomic E-state index is 0.149. The minimum Gasteiger partial charge on any atom is -0.480 e. The molecule has 1 rings (SSSR count). The van der Waals surface area contributed by atoms with Crippen molar-refractivity contribution < 1.29 is 19.8 Å².